The fourth-order valence-electron chi connectivity index (χ4n) is 2.13. The number of rotatable bonds is 7. The Morgan fingerprint density at radius 2 is 1.50 bits per heavy atom. The molecule has 0 spiro atoms. The Bertz CT molecular complexity index is 684. The summed E-state index contributed by atoms with van der Waals surface area (Å²) >= 11 is 0. The maximum atomic E-state index is 12.4. The summed E-state index contributed by atoms with van der Waals surface area (Å²) in [5, 5.41) is 8.85. The van der Waals surface area contributed by atoms with Crippen molar-refractivity contribution in [2.24, 2.45) is 5.92 Å². The largest absolute Gasteiger partial charge is 0.355 e. The smallest absolute Gasteiger partial charge is 0.253 e. The van der Waals surface area contributed by atoms with Crippen molar-refractivity contribution in [3.63, 3.8) is 0 Å². The number of hydrogen-bond acceptors (Lipinski definition) is 3. The molecule has 2 rings (SSSR count). The molecule has 0 aliphatic heterocycles. The van der Waals surface area contributed by atoms with Gasteiger partial charge < -0.3 is 16.0 Å². The predicted octanol–water partition coefficient (Wildman–Crippen LogP) is 2.93. The van der Waals surface area contributed by atoms with Crippen LogP contribution in [0.3, 0.4) is 0 Å². The highest BCUT2D eigenvalue weighted by molar-refractivity contribution is 6.00. The minimum absolute atomic E-state index is 0.0182. The first-order valence-electron chi connectivity index (χ1n) is 8.05. The Kier molecular flexibility index (Phi) is 6.37. The minimum Gasteiger partial charge on any atom is -0.355 e. The first-order chi connectivity index (χ1) is 11.6. The first-order valence-corrected chi connectivity index (χ1v) is 8.05. The van der Waals surface area contributed by atoms with E-state index in [1.807, 2.05) is 62.4 Å². The molecule has 0 unspecified atom stereocenters. The summed E-state index contributed by atoms with van der Waals surface area (Å²) in [6.07, 6.45) is 0. The third-order valence-electron chi connectivity index (χ3n) is 3.46. The molecule has 24 heavy (non-hydrogen) atoms. The summed E-state index contributed by atoms with van der Waals surface area (Å²) in [6.45, 7) is 4.47. The van der Waals surface area contributed by atoms with Gasteiger partial charge in [0.25, 0.3) is 5.91 Å². The summed E-state index contributed by atoms with van der Waals surface area (Å²) in [5.41, 5.74) is 2.23. The molecule has 0 atom stereocenters. The number of nitrogens with one attached hydrogen (secondary N) is 3. The monoisotopic (exact) mass is 325 g/mol. The van der Waals surface area contributed by atoms with Gasteiger partial charge in [0.15, 0.2) is 0 Å². The summed E-state index contributed by atoms with van der Waals surface area (Å²) in [7, 11) is 0. The first kappa shape index (κ1) is 17.5. The van der Waals surface area contributed by atoms with Crippen LogP contribution in [0.4, 0.5) is 11.4 Å². The van der Waals surface area contributed by atoms with Gasteiger partial charge in [-0.05, 0) is 24.3 Å². The van der Waals surface area contributed by atoms with Gasteiger partial charge in [-0.1, -0.05) is 44.2 Å². The Morgan fingerprint density at radius 3 is 2.21 bits per heavy atom. The van der Waals surface area contributed by atoms with Crippen molar-refractivity contribution in [3.05, 3.63) is 60.2 Å². The van der Waals surface area contributed by atoms with Crippen molar-refractivity contribution in [1.82, 2.24) is 10.6 Å². The zero-order chi connectivity index (χ0) is 17.4. The normalized spacial score (nSPS) is 10.3. The van der Waals surface area contributed by atoms with Crippen molar-refractivity contribution in [2.45, 2.75) is 13.8 Å². The summed E-state index contributed by atoms with van der Waals surface area (Å²) in [4.78, 5) is 23.9. The minimum atomic E-state index is -0.173. The molecule has 126 valence electrons. The Hall–Kier alpha value is -2.82. The second-order valence-corrected chi connectivity index (χ2v) is 5.74. The van der Waals surface area contributed by atoms with E-state index >= 15 is 0 Å². The molecule has 0 heterocycles. The van der Waals surface area contributed by atoms with Crippen LogP contribution in [0.1, 0.15) is 24.2 Å². The van der Waals surface area contributed by atoms with Gasteiger partial charge in [-0.3, -0.25) is 9.59 Å². The van der Waals surface area contributed by atoms with Crippen LogP contribution in [0.15, 0.2) is 54.6 Å². The summed E-state index contributed by atoms with van der Waals surface area (Å²) in [6, 6.07) is 17.0. The van der Waals surface area contributed by atoms with Gasteiger partial charge in [0.1, 0.15) is 0 Å². The van der Waals surface area contributed by atoms with Crippen molar-refractivity contribution in [2.75, 3.05) is 18.4 Å². The highest BCUT2D eigenvalue weighted by Crippen LogP contribution is 2.20. The van der Waals surface area contributed by atoms with Crippen LogP contribution in [0, 0.1) is 5.92 Å². The lowest BCUT2D eigenvalue weighted by Crippen LogP contribution is -2.36. The van der Waals surface area contributed by atoms with Crippen molar-refractivity contribution < 1.29 is 9.59 Å². The number of carbonyl (C=O) groups excluding carboxylic acids is 2. The SMILES string of the molecule is CC(C)C(=O)NCCNC(=O)c1ccccc1Nc1ccccc1. The van der Waals surface area contributed by atoms with Crippen LogP contribution in [0.2, 0.25) is 0 Å². The molecule has 0 aliphatic rings. The quantitative estimate of drug-likeness (QED) is 0.686. The van der Waals surface area contributed by atoms with Gasteiger partial charge in [0.05, 0.1) is 11.3 Å². The maximum Gasteiger partial charge on any atom is 0.253 e. The third-order valence-corrected chi connectivity index (χ3v) is 3.46. The van der Waals surface area contributed by atoms with Crippen LogP contribution in [-0.2, 0) is 4.79 Å². The van der Waals surface area contributed by atoms with Gasteiger partial charge in [0.2, 0.25) is 5.91 Å². The topological polar surface area (TPSA) is 70.2 Å². The molecule has 2 aromatic rings. The molecule has 2 amide bonds. The molecule has 5 nitrogen and oxygen atoms in total. The number of benzene rings is 2. The van der Waals surface area contributed by atoms with Crippen molar-refractivity contribution in [1.29, 1.82) is 0 Å². The molecular weight excluding hydrogens is 302 g/mol. The lowest BCUT2D eigenvalue weighted by atomic mass is 10.1. The fourth-order valence-corrected chi connectivity index (χ4v) is 2.13. The molecule has 0 bridgehead atoms. The molecule has 5 heteroatoms. The van der Waals surface area contributed by atoms with E-state index in [0.717, 1.165) is 11.4 Å². The average Bonchev–Trinajstić information content (AvgIpc) is 2.59. The van der Waals surface area contributed by atoms with Gasteiger partial charge in [-0.15, -0.1) is 0 Å². The molecular formula is C19H23N3O2. The molecule has 0 radical (unpaired) electrons. The number of hydrogen-bond donors (Lipinski definition) is 3. The Labute approximate surface area is 142 Å². The van der Waals surface area contributed by atoms with Crippen LogP contribution < -0.4 is 16.0 Å². The summed E-state index contributed by atoms with van der Waals surface area (Å²) < 4.78 is 0. The van der Waals surface area contributed by atoms with Crippen LogP contribution in [0.5, 0.6) is 0 Å². The third kappa shape index (κ3) is 5.12. The highest BCUT2D eigenvalue weighted by atomic mass is 16.2. The second kappa shape index (κ2) is 8.72. The van der Waals surface area contributed by atoms with Gasteiger partial charge >= 0.3 is 0 Å². The lowest BCUT2D eigenvalue weighted by Gasteiger charge is -2.13. The molecule has 0 saturated carbocycles. The van der Waals surface area contributed by atoms with E-state index in [2.05, 4.69) is 16.0 Å². The van der Waals surface area contributed by atoms with E-state index in [-0.39, 0.29) is 17.7 Å². The van der Waals surface area contributed by atoms with Crippen LogP contribution >= 0.6 is 0 Å². The molecule has 0 saturated heterocycles. The van der Waals surface area contributed by atoms with Crippen molar-refractivity contribution >= 4 is 23.2 Å². The van der Waals surface area contributed by atoms with E-state index in [0.29, 0.717) is 18.7 Å². The van der Waals surface area contributed by atoms with Gasteiger partial charge in [-0.25, -0.2) is 0 Å². The highest BCUT2D eigenvalue weighted by Gasteiger charge is 2.11. The second-order valence-electron chi connectivity index (χ2n) is 5.74. The number of carbonyl (C=O) groups is 2. The maximum absolute atomic E-state index is 12.4. The number of para-hydroxylation sites is 2. The zero-order valence-electron chi connectivity index (χ0n) is 14.0. The van der Waals surface area contributed by atoms with Crippen LogP contribution in [0.25, 0.3) is 0 Å². The number of amides is 2. The van der Waals surface area contributed by atoms with Gasteiger partial charge in [0, 0.05) is 24.7 Å². The number of anilines is 2. The van der Waals surface area contributed by atoms with E-state index < -0.39 is 0 Å². The van der Waals surface area contributed by atoms with Crippen LogP contribution in [-0.4, -0.2) is 24.9 Å². The van der Waals surface area contributed by atoms with E-state index in [9.17, 15) is 9.59 Å². The fraction of sp³-hybridized carbons (Fsp3) is 0.263. The molecule has 0 fully saturated rings. The standard InChI is InChI=1S/C19H23N3O2/c1-14(2)18(23)20-12-13-21-19(24)16-10-6-7-11-17(16)22-15-8-4-3-5-9-15/h3-11,14,22H,12-13H2,1-2H3,(H,20,23)(H,21,24). The predicted molar refractivity (Wildman–Crippen MR) is 96.3 cm³/mol. The van der Waals surface area contributed by atoms with E-state index in [1.165, 1.54) is 0 Å². The Balaban J connectivity index is 1.93. The lowest BCUT2D eigenvalue weighted by molar-refractivity contribution is -0.123. The van der Waals surface area contributed by atoms with E-state index in [1.54, 1.807) is 6.07 Å². The average molecular weight is 325 g/mol. The molecule has 2 aromatic carbocycles. The summed E-state index contributed by atoms with van der Waals surface area (Å²) in [5.74, 6) is -0.250. The molecule has 0 aliphatic carbocycles. The molecule has 3 N–H and O–H groups in total. The van der Waals surface area contributed by atoms with E-state index in [4.69, 9.17) is 0 Å². The van der Waals surface area contributed by atoms with Crippen molar-refractivity contribution in [3.8, 4) is 0 Å². The Morgan fingerprint density at radius 1 is 0.875 bits per heavy atom. The zero-order valence-corrected chi connectivity index (χ0v) is 14.0. The van der Waals surface area contributed by atoms with Gasteiger partial charge in [-0.2, -0.15) is 0 Å². The molecule has 0 aromatic heterocycles.